The van der Waals surface area contributed by atoms with E-state index in [0.717, 1.165) is 0 Å². The standard InChI is InChI=1S/C18H18N4O4/c1-2-19-18(26)12-3-4-14-15(9-12)21-22(20-14)16-8-11(5-6-23)7-13(10-24)17(16)25/h3-4,7-10,23,25H,2,5-6H2,1H3,(H,19,26). The van der Waals surface area contributed by atoms with Crippen LogP contribution in [0.2, 0.25) is 0 Å². The zero-order valence-electron chi connectivity index (χ0n) is 14.1. The molecule has 8 heteroatoms. The van der Waals surface area contributed by atoms with Crippen molar-refractivity contribution in [2.75, 3.05) is 13.2 Å². The van der Waals surface area contributed by atoms with E-state index in [0.29, 0.717) is 41.4 Å². The molecule has 8 nitrogen and oxygen atoms in total. The van der Waals surface area contributed by atoms with Crippen LogP contribution in [0.3, 0.4) is 0 Å². The van der Waals surface area contributed by atoms with E-state index in [1.54, 1.807) is 24.3 Å². The smallest absolute Gasteiger partial charge is 0.251 e. The number of aliphatic hydroxyl groups excluding tert-OH is 1. The van der Waals surface area contributed by atoms with Gasteiger partial charge >= 0.3 is 0 Å². The molecule has 3 N–H and O–H groups in total. The zero-order chi connectivity index (χ0) is 18.7. The average Bonchev–Trinajstić information content (AvgIpc) is 3.06. The lowest BCUT2D eigenvalue weighted by Crippen LogP contribution is -2.22. The number of carbonyl (C=O) groups excluding carboxylic acids is 2. The summed E-state index contributed by atoms with van der Waals surface area (Å²) in [5, 5.41) is 30.8. The van der Waals surface area contributed by atoms with Gasteiger partial charge in [0.15, 0.2) is 12.0 Å². The number of rotatable bonds is 6. The molecule has 1 aromatic heterocycles. The van der Waals surface area contributed by atoms with E-state index in [-0.39, 0.29) is 29.5 Å². The van der Waals surface area contributed by atoms with Crippen LogP contribution >= 0.6 is 0 Å². The minimum absolute atomic E-state index is 0.0904. The third-order valence-corrected chi connectivity index (χ3v) is 3.90. The van der Waals surface area contributed by atoms with Gasteiger partial charge in [0.1, 0.15) is 16.7 Å². The van der Waals surface area contributed by atoms with Crippen LogP contribution in [-0.4, -0.2) is 50.6 Å². The van der Waals surface area contributed by atoms with Crippen LogP contribution in [-0.2, 0) is 6.42 Å². The third kappa shape index (κ3) is 3.27. The maximum Gasteiger partial charge on any atom is 0.251 e. The fourth-order valence-corrected chi connectivity index (χ4v) is 2.64. The minimum atomic E-state index is -0.244. The molecule has 134 valence electrons. The number of carbonyl (C=O) groups is 2. The van der Waals surface area contributed by atoms with Gasteiger partial charge in [-0.15, -0.1) is 15.0 Å². The Morgan fingerprint density at radius 2 is 2.00 bits per heavy atom. The quantitative estimate of drug-likeness (QED) is 0.573. The lowest BCUT2D eigenvalue weighted by atomic mass is 10.1. The molecule has 1 amide bonds. The van der Waals surface area contributed by atoms with Crippen molar-refractivity contribution in [3.05, 3.63) is 47.0 Å². The molecule has 0 aliphatic carbocycles. The van der Waals surface area contributed by atoms with Crippen LogP contribution in [0.25, 0.3) is 16.7 Å². The van der Waals surface area contributed by atoms with Gasteiger partial charge in [-0.05, 0) is 49.2 Å². The number of benzene rings is 2. The lowest BCUT2D eigenvalue weighted by molar-refractivity contribution is 0.0955. The van der Waals surface area contributed by atoms with Crippen LogP contribution in [0.1, 0.15) is 33.2 Å². The van der Waals surface area contributed by atoms with Crippen LogP contribution in [0.5, 0.6) is 5.75 Å². The zero-order valence-corrected chi connectivity index (χ0v) is 14.1. The summed E-state index contributed by atoms with van der Waals surface area (Å²) in [6, 6.07) is 8.05. The molecule has 0 unspecified atom stereocenters. The Kier molecular flexibility index (Phi) is 4.94. The summed E-state index contributed by atoms with van der Waals surface area (Å²) in [6.45, 7) is 2.26. The summed E-state index contributed by atoms with van der Waals surface area (Å²) in [5.41, 5.74) is 2.47. The van der Waals surface area contributed by atoms with E-state index < -0.39 is 0 Å². The number of hydrogen-bond donors (Lipinski definition) is 3. The second-order valence-corrected chi connectivity index (χ2v) is 5.70. The van der Waals surface area contributed by atoms with Crippen molar-refractivity contribution in [3.63, 3.8) is 0 Å². The van der Waals surface area contributed by atoms with Gasteiger partial charge in [0.2, 0.25) is 0 Å². The van der Waals surface area contributed by atoms with Gasteiger partial charge in [-0.2, -0.15) is 0 Å². The summed E-state index contributed by atoms with van der Waals surface area (Å²) in [7, 11) is 0. The molecule has 0 spiro atoms. The van der Waals surface area contributed by atoms with Crippen molar-refractivity contribution >= 4 is 23.2 Å². The predicted molar refractivity (Wildman–Crippen MR) is 94.7 cm³/mol. The van der Waals surface area contributed by atoms with Crippen molar-refractivity contribution < 1.29 is 19.8 Å². The van der Waals surface area contributed by atoms with E-state index in [2.05, 4.69) is 15.5 Å². The van der Waals surface area contributed by atoms with Crippen LogP contribution < -0.4 is 5.32 Å². The number of hydrogen-bond acceptors (Lipinski definition) is 6. The molecule has 0 saturated heterocycles. The number of aliphatic hydroxyl groups is 1. The van der Waals surface area contributed by atoms with Crippen LogP contribution in [0, 0.1) is 0 Å². The van der Waals surface area contributed by atoms with Gasteiger partial charge in [-0.3, -0.25) is 9.59 Å². The second kappa shape index (κ2) is 7.32. The third-order valence-electron chi connectivity index (χ3n) is 3.90. The fourth-order valence-electron chi connectivity index (χ4n) is 2.64. The molecular formula is C18H18N4O4. The molecule has 0 atom stereocenters. The SMILES string of the molecule is CCNC(=O)c1ccc2nn(-c3cc(CCO)cc(C=O)c3O)nc2c1. The molecule has 0 bridgehead atoms. The average molecular weight is 354 g/mol. The number of phenols is 1. The Morgan fingerprint density at radius 1 is 1.23 bits per heavy atom. The number of fused-ring (bicyclic) bond motifs is 1. The Hall–Kier alpha value is -3.26. The first-order valence-electron chi connectivity index (χ1n) is 8.15. The highest BCUT2D eigenvalue weighted by Gasteiger charge is 2.15. The summed E-state index contributed by atoms with van der Waals surface area (Å²) in [4.78, 5) is 24.4. The fraction of sp³-hybridized carbons (Fsp3) is 0.222. The van der Waals surface area contributed by atoms with Crippen molar-refractivity contribution in [2.45, 2.75) is 13.3 Å². The maximum atomic E-state index is 12.0. The van der Waals surface area contributed by atoms with Crippen molar-refractivity contribution in [1.82, 2.24) is 20.3 Å². The van der Waals surface area contributed by atoms with Crippen LogP contribution in [0.4, 0.5) is 0 Å². The molecule has 0 aliphatic rings. The number of aromatic nitrogens is 3. The largest absolute Gasteiger partial charge is 0.505 e. The molecule has 1 heterocycles. The molecule has 0 radical (unpaired) electrons. The number of aldehydes is 1. The molecule has 2 aromatic carbocycles. The molecule has 26 heavy (non-hydrogen) atoms. The van der Waals surface area contributed by atoms with E-state index in [9.17, 15) is 14.7 Å². The molecule has 0 saturated carbocycles. The Bertz CT molecular complexity index is 981. The second-order valence-electron chi connectivity index (χ2n) is 5.70. The normalized spacial score (nSPS) is 10.8. The van der Waals surface area contributed by atoms with Gasteiger partial charge in [0, 0.05) is 18.7 Å². The molecular weight excluding hydrogens is 336 g/mol. The van der Waals surface area contributed by atoms with Gasteiger partial charge < -0.3 is 15.5 Å². The van der Waals surface area contributed by atoms with Crippen molar-refractivity contribution in [1.29, 1.82) is 0 Å². The predicted octanol–water partition coefficient (Wildman–Crippen LogP) is 1.22. The maximum absolute atomic E-state index is 12.0. The summed E-state index contributed by atoms with van der Waals surface area (Å²) in [6.07, 6.45) is 0.867. The van der Waals surface area contributed by atoms with E-state index >= 15 is 0 Å². The summed E-state index contributed by atoms with van der Waals surface area (Å²) in [5.74, 6) is -0.453. The number of amides is 1. The highest BCUT2D eigenvalue weighted by Crippen LogP contribution is 2.27. The number of nitrogens with one attached hydrogen (secondary N) is 1. The first-order valence-corrected chi connectivity index (χ1v) is 8.15. The highest BCUT2D eigenvalue weighted by atomic mass is 16.3. The molecule has 0 fully saturated rings. The molecule has 0 aliphatic heterocycles. The number of nitrogens with zero attached hydrogens (tertiary/aromatic N) is 3. The first kappa shape index (κ1) is 17.6. The first-order chi connectivity index (χ1) is 12.6. The molecule has 3 rings (SSSR count). The Labute approximate surface area is 149 Å². The van der Waals surface area contributed by atoms with Crippen molar-refractivity contribution in [2.24, 2.45) is 0 Å². The lowest BCUT2D eigenvalue weighted by Gasteiger charge is -2.08. The summed E-state index contributed by atoms with van der Waals surface area (Å²) >= 11 is 0. The Morgan fingerprint density at radius 3 is 2.69 bits per heavy atom. The number of aromatic hydroxyl groups is 1. The topological polar surface area (TPSA) is 117 Å². The van der Waals surface area contributed by atoms with Gasteiger partial charge in [0.25, 0.3) is 5.91 Å². The van der Waals surface area contributed by atoms with Crippen LogP contribution in [0.15, 0.2) is 30.3 Å². The number of phenolic OH excluding ortho intramolecular Hbond substituents is 1. The Balaban J connectivity index is 2.09. The monoisotopic (exact) mass is 354 g/mol. The minimum Gasteiger partial charge on any atom is -0.505 e. The van der Waals surface area contributed by atoms with Gasteiger partial charge in [-0.25, -0.2) is 0 Å². The van der Waals surface area contributed by atoms with E-state index in [1.807, 2.05) is 6.92 Å². The summed E-state index contributed by atoms with van der Waals surface area (Å²) < 4.78 is 0. The van der Waals surface area contributed by atoms with Gasteiger partial charge in [0.05, 0.1) is 5.56 Å². The van der Waals surface area contributed by atoms with Gasteiger partial charge in [-0.1, -0.05) is 0 Å². The molecule has 3 aromatic rings. The van der Waals surface area contributed by atoms with E-state index in [1.165, 1.54) is 10.9 Å². The highest BCUT2D eigenvalue weighted by molar-refractivity contribution is 5.97. The van der Waals surface area contributed by atoms with Crippen molar-refractivity contribution in [3.8, 4) is 11.4 Å². The van der Waals surface area contributed by atoms with E-state index in [4.69, 9.17) is 5.11 Å².